The van der Waals surface area contributed by atoms with Crippen LogP contribution in [0.3, 0.4) is 0 Å². The summed E-state index contributed by atoms with van der Waals surface area (Å²) in [7, 11) is 2.04. The van der Waals surface area contributed by atoms with E-state index in [9.17, 15) is 0 Å². The van der Waals surface area contributed by atoms with Crippen molar-refractivity contribution in [3.63, 3.8) is 0 Å². The number of fused-ring (bicyclic) bond motifs is 1. The molecule has 2 aromatic heterocycles. The van der Waals surface area contributed by atoms with Crippen LogP contribution in [0.4, 0.5) is 0 Å². The molecule has 0 aliphatic rings. The second-order valence-electron chi connectivity index (χ2n) is 5.15. The Morgan fingerprint density at radius 1 is 1.33 bits per heavy atom. The van der Waals surface area contributed by atoms with Gasteiger partial charge in [0.2, 0.25) is 0 Å². The highest BCUT2D eigenvalue weighted by molar-refractivity contribution is 5.75. The molecular formula is C16H20N4O. The number of furan rings is 1. The van der Waals surface area contributed by atoms with E-state index in [-0.39, 0.29) is 6.04 Å². The predicted octanol–water partition coefficient (Wildman–Crippen LogP) is 2.48. The molecule has 21 heavy (non-hydrogen) atoms. The number of nitrogens with zero attached hydrogens (tertiary/aromatic N) is 2. The molecule has 1 aromatic carbocycles. The van der Waals surface area contributed by atoms with Crippen LogP contribution >= 0.6 is 0 Å². The second-order valence-corrected chi connectivity index (χ2v) is 5.15. The number of aromatic nitrogens is 2. The first-order valence-corrected chi connectivity index (χ1v) is 7.17. The van der Waals surface area contributed by atoms with Gasteiger partial charge in [-0.15, -0.1) is 0 Å². The summed E-state index contributed by atoms with van der Waals surface area (Å²) in [4.78, 5) is 4.70. The van der Waals surface area contributed by atoms with Gasteiger partial charge in [-0.05, 0) is 18.2 Å². The van der Waals surface area contributed by atoms with Crippen LogP contribution < -0.4 is 11.3 Å². The van der Waals surface area contributed by atoms with Gasteiger partial charge in [0, 0.05) is 25.5 Å². The topological polar surface area (TPSA) is 69.0 Å². The van der Waals surface area contributed by atoms with Gasteiger partial charge < -0.3 is 8.98 Å². The van der Waals surface area contributed by atoms with E-state index in [1.165, 1.54) is 0 Å². The van der Waals surface area contributed by atoms with Crippen molar-refractivity contribution in [2.45, 2.75) is 25.8 Å². The Kier molecular flexibility index (Phi) is 3.77. The fourth-order valence-electron chi connectivity index (χ4n) is 2.77. The Bertz CT molecular complexity index is 744. The standard InChI is InChI=1S/C16H20N4O/c1-3-15-11(8-9-21-15)13(19-17)10-16-18-12-6-4-5-7-14(12)20(16)2/h4-9,13,19H,3,10,17H2,1-2H3. The van der Waals surface area contributed by atoms with Gasteiger partial charge >= 0.3 is 0 Å². The summed E-state index contributed by atoms with van der Waals surface area (Å²) < 4.78 is 7.62. The Labute approximate surface area is 123 Å². The molecule has 0 fully saturated rings. The zero-order valence-electron chi connectivity index (χ0n) is 12.3. The molecule has 0 aliphatic heterocycles. The van der Waals surface area contributed by atoms with Crippen LogP contribution in [0.25, 0.3) is 11.0 Å². The van der Waals surface area contributed by atoms with Crippen LogP contribution in [0.5, 0.6) is 0 Å². The molecule has 0 saturated heterocycles. The van der Waals surface area contributed by atoms with Crippen molar-refractivity contribution in [3.05, 3.63) is 53.7 Å². The van der Waals surface area contributed by atoms with Gasteiger partial charge in [-0.1, -0.05) is 19.1 Å². The molecule has 1 unspecified atom stereocenters. The van der Waals surface area contributed by atoms with Crippen molar-refractivity contribution in [3.8, 4) is 0 Å². The molecule has 3 rings (SSSR count). The van der Waals surface area contributed by atoms with Crippen molar-refractivity contribution in [2.75, 3.05) is 0 Å². The minimum Gasteiger partial charge on any atom is -0.469 e. The first kappa shape index (κ1) is 13.9. The monoisotopic (exact) mass is 284 g/mol. The van der Waals surface area contributed by atoms with E-state index in [1.807, 2.05) is 31.3 Å². The first-order valence-electron chi connectivity index (χ1n) is 7.17. The van der Waals surface area contributed by atoms with Gasteiger partial charge in [0.05, 0.1) is 23.3 Å². The Hall–Kier alpha value is -2.11. The van der Waals surface area contributed by atoms with Crippen LogP contribution in [0.1, 0.15) is 30.1 Å². The SMILES string of the molecule is CCc1occc1C(Cc1nc2ccccc2n1C)NN. The van der Waals surface area contributed by atoms with Gasteiger partial charge in [0.15, 0.2) is 0 Å². The molecular weight excluding hydrogens is 264 g/mol. The van der Waals surface area contributed by atoms with Crippen LogP contribution in [-0.4, -0.2) is 9.55 Å². The molecule has 110 valence electrons. The summed E-state index contributed by atoms with van der Waals surface area (Å²) in [5, 5.41) is 0. The minimum absolute atomic E-state index is 0.00536. The molecule has 3 N–H and O–H groups in total. The smallest absolute Gasteiger partial charge is 0.111 e. The average Bonchev–Trinajstić information content (AvgIpc) is 3.10. The molecule has 0 radical (unpaired) electrons. The quantitative estimate of drug-likeness (QED) is 0.558. The number of hydrogen-bond donors (Lipinski definition) is 2. The highest BCUT2D eigenvalue weighted by Crippen LogP contribution is 2.24. The maximum atomic E-state index is 5.75. The van der Waals surface area contributed by atoms with E-state index in [4.69, 9.17) is 15.2 Å². The fourth-order valence-corrected chi connectivity index (χ4v) is 2.77. The number of imidazole rings is 1. The van der Waals surface area contributed by atoms with Crippen molar-refractivity contribution in [2.24, 2.45) is 12.9 Å². The number of benzene rings is 1. The van der Waals surface area contributed by atoms with Gasteiger partial charge in [-0.3, -0.25) is 11.3 Å². The molecule has 3 aromatic rings. The van der Waals surface area contributed by atoms with E-state index in [1.54, 1.807) is 6.26 Å². The lowest BCUT2D eigenvalue weighted by Crippen LogP contribution is -2.30. The molecule has 0 spiro atoms. The lowest BCUT2D eigenvalue weighted by atomic mass is 10.0. The normalized spacial score (nSPS) is 12.9. The largest absolute Gasteiger partial charge is 0.469 e. The van der Waals surface area contributed by atoms with E-state index in [2.05, 4.69) is 23.0 Å². The van der Waals surface area contributed by atoms with Crippen LogP contribution in [-0.2, 0) is 19.9 Å². The van der Waals surface area contributed by atoms with Gasteiger partial charge in [-0.25, -0.2) is 4.98 Å². The van der Waals surface area contributed by atoms with E-state index in [0.717, 1.165) is 34.6 Å². The van der Waals surface area contributed by atoms with Gasteiger partial charge in [0.1, 0.15) is 11.6 Å². The number of nitrogens with two attached hydrogens (primary N) is 1. The molecule has 0 saturated carbocycles. The van der Waals surface area contributed by atoms with E-state index >= 15 is 0 Å². The van der Waals surface area contributed by atoms with Gasteiger partial charge in [0.25, 0.3) is 0 Å². The third-order valence-corrected chi connectivity index (χ3v) is 3.94. The Morgan fingerprint density at radius 2 is 2.14 bits per heavy atom. The minimum atomic E-state index is -0.00536. The molecule has 0 bridgehead atoms. The fraction of sp³-hybridized carbons (Fsp3) is 0.312. The zero-order valence-corrected chi connectivity index (χ0v) is 12.3. The van der Waals surface area contributed by atoms with E-state index in [0.29, 0.717) is 6.42 Å². The maximum absolute atomic E-state index is 5.75. The average molecular weight is 284 g/mol. The number of aryl methyl sites for hydroxylation is 2. The van der Waals surface area contributed by atoms with Crippen LogP contribution in [0.2, 0.25) is 0 Å². The number of para-hydroxylation sites is 2. The van der Waals surface area contributed by atoms with Crippen LogP contribution in [0.15, 0.2) is 41.0 Å². The Morgan fingerprint density at radius 3 is 2.86 bits per heavy atom. The molecule has 5 heteroatoms. The van der Waals surface area contributed by atoms with Crippen molar-refractivity contribution in [1.82, 2.24) is 15.0 Å². The number of rotatable bonds is 5. The molecule has 0 amide bonds. The zero-order chi connectivity index (χ0) is 14.8. The highest BCUT2D eigenvalue weighted by atomic mass is 16.3. The summed E-state index contributed by atoms with van der Waals surface area (Å²) in [6.07, 6.45) is 3.28. The summed E-state index contributed by atoms with van der Waals surface area (Å²) in [5.74, 6) is 7.72. The lowest BCUT2D eigenvalue weighted by molar-refractivity contribution is 0.482. The van der Waals surface area contributed by atoms with E-state index < -0.39 is 0 Å². The third kappa shape index (κ3) is 2.46. The molecule has 5 nitrogen and oxygen atoms in total. The molecule has 0 aliphatic carbocycles. The van der Waals surface area contributed by atoms with Gasteiger partial charge in [-0.2, -0.15) is 0 Å². The number of nitrogens with one attached hydrogen (secondary N) is 1. The summed E-state index contributed by atoms with van der Waals surface area (Å²) in [5.41, 5.74) is 6.13. The summed E-state index contributed by atoms with van der Waals surface area (Å²) in [6, 6.07) is 10.1. The van der Waals surface area contributed by atoms with Crippen molar-refractivity contribution < 1.29 is 4.42 Å². The number of hydrazine groups is 1. The summed E-state index contributed by atoms with van der Waals surface area (Å²) >= 11 is 0. The highest BCUT2D eigenvalue weighted by Gasteiger charge is 2.19. The predicted molar refractivity (Wildman–Crippen MR) is 82.6 cm³/mol. The molecule has 1 atom stereocenters. The first-order chi connectivity index (χ1) is 10.2. The molecule has 2 heterocycles. The van der Waals surface area contributed by atoms with Crippen molar-refractivity contribution in [1.29, 1.82) is 0 Å². The Balaban J connectivity index is 1.94. The lowest BCUT2D eigenvalue weighted by Gasteiger charge is -2.15. The van der Waals surface area contributed by atoms with Crippen molar-refractivity contribution >= 4 is 11.0 Å². The number of hydrogen-bond acceptors (Lipinski definition) is 4. The van der Waals surface area contributed by atoms with Crippen LogP contribution in [0, 0.1) is 0 Å². The third-order valence-electron chi connectivity index (χ3n) is 3.94. The second kappa shape index (κ2) is 5.71. The summed E-state index contributed by atoms with van der Waals surface area (Å²) in [6.45, 7) is 2.07. The maximum Gasteiger partial charge on any atom is 0.111 e.